The van der Waals surface area contributed by atoms with E-state index in [9.17, 15) is 10.1 Å². The first-order chi connectivity index (χ1) is 31.0. The van der Waals surface area contributed by atoms with Crippen molar-refractivity contribution in [1.82, 2.24) is 36.8 Å². The minimum atomic E-state index is -0.226. The highest BCUT2D eigenvalue weighted by Crippen LogP contribution is 2.54. The molecule has 346 valence electrons. The van der Waals surface area contributed by atoms with Crippen molar-refractivity contribution < 1.29 is 14.3 Å². The van der Waals surface area contributed by atoms with Gasteiger partial charge >= 0.3 is 0 Å². The van der Waals surface area contributed by atoms with Gasteiger partial charge in [0, 0.05) is 42.1 Å². The minimum absolute atomic E-state index is 0.0607. The van der Waals surface area contributed by atoms with Crippen LogP contribution in [0.5, 0.6) is 11.5 Å². The molecule has 12 nitrogen and oxygen atoms in total. The van der Waals surface area contributed by atoms with Crippen LogP contribution < -0.4 is 36.5 Å². The van der Waals surface area contributed by atoms with Gasteiger partial charge in [-0.15, -0.1) is 11.8 Å². The number of benzene rings is 2. The third-order valence-corrected chi connectivity index (χ3v) is 19.1. The maximum atomic E-state index is 13.4. The zero-order valence-corrected chi connectivity index (χ0v) is 39.7. The summed E-state index contributed by atoms with van der Waals surface area (Å²) in [5.41, 5.74) is 19.6. The first-order valence-electron chi connectivity index (χ1n) is 25.0. The molecule has 0 radical (unpaired) electrons. The Kier molecular flexibility index (Phi) is 12.9. The number of nitriles is 1. The fourth-order valence-corrected chi connectivity index (χ4v) is 15.3. The number of nitrogens with zero attached hydrogens (tertiary/aromatic N) is 4. The standard InChI is InChI=1S/C51H73N9O3S/c1-31-33(3)64-49-45(31)46(53-32(2)47-57-58-50(4,60(47)49)38-9-7-6-8-10-38)35-13-11-34(12-14-35)36-23-24-51(28-36)25-26-59(30-51)44-22-21-42(55-56-44)48(61)54-39-16-19-40(20-17-39)63-41-18-15-37(29-52)43(27-41)62-5/h11-15,18,27,31-33,36,38-40,42,44-45,47,49,55-58H,6-10,16-17,19-26,28,30H2,1-5H3,(H,54,61)/t31?,32-,33?,36?,39?,40?,42?,44?,45?,47?,49?,50?,51?/m0/s1. The number of amides is 1. The van der Waals surface area contributed by atoms with Crippen molar-refractivity contribution in [3.8, 4) is 17.6 Å². The Morgan fingerprint density at radius 1 is 0.938 bits per heavy atom. The second kappa shape index (κ2) is 18.5. The lowest BCUT2D eigenvalue weighted by Crippen LogP contribution is -2.62. The van der Waals surface area contributed by atoms with Gasteiger partial charge in [-0.25, -0.2) is 21.7 Å². The topological polar surface area (TPSA) is 138 Å². The summed E-state index contributed by atoms with van der Waals surface area (Å²) in [6, 6.07) is 17.3. The van der Waals surface area contributed by atoms with Crippen molar-refractivity contribution in [2.24, 2.45) is 28.2 Å². The maximum Gasteiger partial charge on any atom is 0.238 e. The summed E-state index contributed by atoms with van der Waals surface area (Å²) in [5, 5.41) is 13.6. The third kappa shape index (κ3) is 8.52. The SMILES string of the molecule is COc1cc(OC2CCC(NC(=O)C3CCC(N4CCC5(CCC(c6ccc(C7=N[C@@H](C)C8NNC(C)(C9CCCCC9)N8C8SC(C)C(C)C78)cc6)C5)C4)NN3)CC2)ccc1C#N. The fourth-order valence-electron chi connectivity index (χ4n) is 13.5. The van der Waals surface area contributed by atoms with Crippen LogP contribution in [-0.4, -0.2) is 94.5 Å². The summed E-state index contributed by atoms with van der Waals surface area (Å²) in [4.78, 5) is 24.5. The highest BCUT2D eigenvalue weighted by atomic mass is 32.2. The molecule has 5 aliphatic heterocycles. The zero-order chi connectivity index (χ0) is 44.2. The summed E-state index contributed by atoms with van der Waals surface area (Å²) < 4.78 is 11.6. The Labute approximate surface area is 386 Å². The predicted octanol–water partition coefficient (Wildman–Crippen LogP) is 7.55. The van der Waals surface area contributed by atoms with Crippen LogP contribution >= 0.6 is 11.8 Å². The van der Waals surface area contributed by atoms with E-state index in [-0.39, 0.29) is 48.1 Å². The number of thioether (sulfide) groups is 1. The lowest BCUT2D eigenvalue weighted by Gasteiger charge is -2.47. The van der Waals surface area contributed by atoms with Crippen LogP contribution in [0.1, 0.15) is 147 Å². The highest BCUT2D eigenvalue weighted by molar-refractivity contribution is 8.00. The number of hydrogen-bond donors (Lipinski definition) is 5. The van der Waals surface area contributed by atoms with Gasteiger partial charge < -0.3 is 14.8 Å². The Balaban J connectivity index is 0.707. The molecule has 8 aliphatic rings. The van der Waals surface area contributed by atoms with Gasteiger partial charge in [0.25, 0.3) is 0 Å². The number of methoxy groups -OCH3 is 1. The first-order valence-corrected chi connectivity index (χ1v) is 25.9. The van der Waals surface area contributed by atoms with Crippen molar-refractivity contribution in [3.63, 3.8) is 0 Å². The van der Waals surface area contributed by atoms with Crippen LogP contribution in [0, 0.1) is 34.5 Å². The minimum Gasteiger partial charge on any atom is -0.495 e. The van der Waals surface area contributed by atoms with Gasteiger partial charge in [-0.3, -0.25) is 19.6 Å². The molecule has 5 N–H and O–H groups in total. The number of nitrogens with one attached hydrogen (secondary N) is 5. The van der Waals surface area contributed by atoms with Crippen LogP contribution in [0.25, 0.3) is 0 Å². The maximum absolute atomic E-state index is 13.4. The normalized spacial score (nSPS) is 39.4. The summed E-state index contributed by atoms with van der Waals surface area (Å²) in [7, 11) is 1.57. The third-order valence-electron chi connectivity index (χ3n) is 17.4. The van der Waals surface area contributed by atoms with Gasteiger partial charge in [0.15, 0.2) is 0 Å². The molecule has 4 saturated heterocycles. The van der Waals surface area contributed by atoms with Crippen molar-refractivity contribution in [1.29, 1.82) is 5.26 Å². The van der Waals surface area contributed by atoms with Gasteiger partial charge in [-0.1, -0.05) is 57.4 Å². The molecule has 13 heteroatoms. The highest BCUT2D eigenvalue weighted by Gasteiger charge is 2.59. The molecule has 11 atom stereocenters. The summed E-state index contributed by atoms with van der Waals surface area (Å²) in [5.74, 6) is 3.54. The molecule has 1 spiro atoms. The van der Waals surface area contributed by atoms with E-state index in [0.29, 0.717) is 56.8 Å². The average Bonchev–Trinajstić information content (AvgIpc) is 4.09. The molecule has 0 aromatic heterocycles. The van der Waals surface area contributed by atoms with Gasteiger partial charge in [0.2, 0.25) is 5.91 Å². The van der Waals surface area contributed by atoms with E-state index in [1.165, 1.54) is 74.6 Å². The molecule has 1 amide bonds. The lowest BCUT2D eigenvalue weighted by molar-refractivity contribution is -0.125. The van der Waals surface area contributed by atoms with E-state index < -0.39 is 0 Å². The Hall–Kier alpha value is -3.22. The van der Waals surface area contributed by atoms with E-state index in [1.54, 1.807) is 19.2 Å². The van der Waals surface area contributed by atoms with Crippen LogP contribution in [0.2, 0.25) is 0 Å². The van der Waals surface area contributed by atoms with Crippen LogP contribution in [0.15, 0.2) is 47.5 Å². The molecule has 64 heavy (non-hydrogen) atoms. The first kappa shape index (κ1) is 44.6. The number of hydrazine groups is 2. The Bertz CT molecular complexity index is 2060. The van der Waals surface area contributed by atoms with Gasteiger partial charge in [-0.05, 0) is 137 Å². The molecule has 2 aromatic carbocycles. The fraction of sp³-hybridized carbons (Fsp3) is 0.706. The summed E-state index contributed by atoms with van der Waals surface area (Å²) in [6.45, 7) is 12.0. The number of carbonyl (C=O) groups is 1. The van der Waals surface area contributed by atoms with Gasteiger partial charge in [0.1, 0.15) is 23.6 Å². The molecule has 7 fully saturated rings. The van der Waals surface area contributed by atoms with Crippen LogP contribution in [-0.2, 0) is 4.79 Å². The predicted molar refractivity (Wildman–Crippen MR) is 254 cm³/mol. The van der Waals surface area contributed by atoms with Crippen molar-refractivity contribution in [2.45, 2.75) is 183 Å². The van der Waals surface area contributed by atoms with E-state index >= 15 is 0 Å². The van der Waals surface area contributed by atoms with Crippen molar-refractivity contribution >= 4 is 23.4 Å². The van der Waals surface area contributed by atoms with Gasteiger partial charge in [0.05, 0.1) is 48.2 Å². The van der Waals surface area contributed by atoms with E-state index in [1.807, 2.05) is 6.07 Å². The number of ether oxygens (including phenoxy) is 2. The quantitative estimate of drug-likeness (QED) is 0.171. The molecular formula is C51H73N9O3S. The smallest absolute Gasteiger partial charge is 0.238 e. The number of rotatable bonds is 9. The molecular weight excluding hydrogens is 819 g/mol. The second-order valence-corrected chi connectivity index (χ2v) is 22.8. The van der Waals surface area contributed by atoms with Gasteiger partial charge in [-0.2, -0.15) is 5.26 Å². The van der Waals surface area contributed by atoms with E-state index in [0.717, 1.165) is 51.6 Å². The second-order valence-electron chi connectivity index (χ2n) is 21.3. The van der Waals surface area contributed by atoms with Crippen LogP contribution in [0.3, 0.4) is 0 Å². The molecule has 10 unspecified atom stereocenters. The summed E-state index contributed by atoms with van der Waals surface area (Å²) >= 11 is 2.19. The Morgan fingerprint density at radius 2 is 1.73 bits per heavy atom. The number of carbonyl (C=O) groups excluding carboxylic acids is 1. The van der Waals surface area contributed by atoms with E-state index in [2.05, 4.69) is 107 Å². The van der Waals surface area contributed by atoms with Crippen molar-refractivity contribution in [3.05, 3.63) is 59.2 Å². The molecule has 10 rings (SSSR count). The number of hydrogen-bond acceptors (Lipinski definition) is 12. The largest absolute Gasteiger partial charge is 0.495 e. The molecule has 3 aliphatic carbocycles. The van der Waals surface area contributed by atoms with Crippen LogP contribution in [0.4, 0.5) is 0 Å². The lowest BCUT2D eigenvalue weighted by atomic mass is 9.78. The monoisotopic (exact) mass is 892 g/mol. The summed E-state index contributed by atoms with van der Waals surface area (Å²) in [6.07, 6.45) is 17.6. The number of fused-ring (bicyclic) bond motifs is 3. The number of likely N-dealkylation sites (tertiary alicyclic amines) is 1. The molecule has 2 aromatic rings. The molecule has 0 bridgehead atoms. The zero-order valence-electron chi connectivity index (χ0n) is 38.9. The Morgan fingerprint density at radius 3 is 2.47 bits per heavy atom. The van der Waals surface area contributed by atoms with E-state index in [4.69, 9.17) is 14.5 Å². The number of aliphatic imine (C=N–C) groups is 1. The molecule has 5 heterocycles. The van der Waals surface area contributed by atoms with Crippen molar-refractivity contribution in [2.75, 3.05) is 20.2 Å². The molecule has 3 saturated carbocycles. The average molecular weight is 892 g/mol.